The molecule has 0 saturated heterocycles. The Morgan fingerprint density at radius 1 is 1.18 bits per heavy atom. The number of hydrogen-bond donors (Lipinski definition) is 2. The van der Waals surface area contributed by atoms with E-state index in [2.05, 4.69) is 30.5 Å². The first-order chi connectivity index (χ1) is 10.5. The number of urea groups is 1. The fourth-order valence-corrected chi connectivity index (χ4v) is 2.49. The van der Waals surface area contributed by atoms with Crippen molar-refractivity contribution < 1.29 is 14.3 Å². The second kappa shape index (κ2) is 6.90. The second-order valence-electron chi connectivity index (χ2n) is 6.31. The molecule has 0 unspecified atom stereocenters. The first-order valence-corrected chi connectivity index (χ1v) is 7.75. The molecule has 0 atom stereocenters. The Labute approximate surface area is 132 Å². The van der Waals surface area contributed by atoms with Crippen LogP contribution in [0, 0.1) is 5.92 Å². The predicted molar refractivity (Wildman–Crippen MR) is 86.7 cm³/mol. The van der Waals surface area contributed by atoms with Crippen LogP contribution in [0.5, 0.6) is 11.5 Å². The lowest BCUT2D eigenvalue weighted by molar-refractivity contribution is 0.238. The zero-order valence-corrected chi connectivity index (χ0v) is 13.9. The van der Waals surface area contributed by atoms with Gasteiger partial charge in [0.25, 0.3) is 0 Å². The molecule has 5 heteroatoms. The highest BCUT2D eigenvalue weighted by Crippen LogP contribution is 2.49. The number of rotatable bonds is 7. The smallest absolute Gasteiger partial charge is 0.314 e. The van der Waals surface area contributed by atoms with E-state index in [4.69, 9.17) is 9.47 Å². The zero-order valence-electron chi connectivity index (χ0n) is 13.9. The maximum atomic E-state index is 11.8. The number of benzene rings is 1. The van der Waals surface area contributed by atoms with Gasteiger partial charge in [0.2, 0.25) is 0 Å². The van der Waals surface area contributed by atoms with Crippen LogP contribution in [0.1, 0.15) is 32.3 Å². The molecule has 0 aliphatic heterocycles. The van der Waals surface area contributed by atoms with E-state index in [1.165, 1.54) is 5.56 Å². The first-order valence-electron chi connectivity index (χ1n) is 7.75. The van der Waals surface area contributed by atoms with Crippen LogP contribution in [0.2, 0.25) is 0 Å². The fourth-order valence-electron chi connectivity index (χ4n) is 2.49. The molecule has 1 aliphatic carbocycles. The van der Waals surface area contributed by atoms with Gasteiger partial charge >= 0.3 is 6.03 Å². The van der Waals surface area contributed by atoms with Crippen molar-refractivity contribution >= 4 is 6.03 Å². The normalized spacial score (nSPS) is 15.3. The number of hydrogen-bond acceptors (Lipinski definition) is 3. The zero-order chi connectivity index (χ0) is 16.2. The van der Waals surface area contributed by atoms with E-state index in [0.29, 0.717) is 19.0 Å². The van der Waals surface area contributed by atoms with Crippen LogP contribution in [0.3, 0.4) is 0 Å². The van der Waals surface area contributed by atoms with Gasteiger partial charge in [-0.05, 0) is 36.5 Å². The predicted octanol–water partition coefficient (Wildman–Crippen LogP) is 2.69. The Morgan fingerprint density at radius 3 is 2.41 bits per heavy atom. The summed E-state index contributed by atoms with van der Waals surface area (Å²) in [4.78, 5) is 11.8. The lowest BCUT2D eigenvalue weighted by Crippen LogP contribution is -2.41. The summed E-state index contributed by atoms with van der Waals surface area (Å²) < 4.78 is 10.6. The van der Waals surface area contributed by atoms with Crippen LogP contribution in [0.15, 0.2) is 18.2 Å². The number of ether oxygens (including phenoxy) is 2. The maximum absolute atomic E-state index is 11.8. The van der Waals surface area contributed by atoms with Crippen molar-refractivity contribution in [1.29, 1.82) is 0 Å². The molecule has 0 radical (unpaired) electrons. The van der Waals surface area contributed by atoms with Gasteiger partial charge in [-0.15, -0.1) is 0 Å². The van der Waals surface area contributed by atoms with Gasteiger partial charge in [0.15, 0.2) is 11.5 Å². The average molecular weight is 306 g/mol. The van der Waals surface area contributed by atoms with Gasteiger partial charge in [-0.3, -0.25) is 0 Å². The van der Waals surface area contributed by atoms with Crippen molar-refractivity contribution in [3.8, 4) is 11.5 Å². The highest BCUT2D eigenvalue weighted by atomic mass is 16.5. The molecule has 1 fully saturated rings. The van der Waals surface area contributed by atoms with Crippen LogP contribution in [0.25, 0.3) is 0 Å². The van der Waals surface area contributed by atoms with Gasteiger partial charge in [-0.1, -0.05) is 19.9 Å². The second-order valence-corrected chi connectivity index (χ2v) is 6.31. The summed E-state index contributed by atoms with van der Waals surface area (Å²) in [5.74, 6) is 1.91. The van der Waals surface area contributed by atoms with E-state index >= 15 is 0 Å². The summed E-state index contributed by atoms with van der Waals surface area (Å²) in [7, 11) is 3.27. The summed E-state index contributed by atoms with van der Waals surface area (Å²) in [6.07, 6.45) is 2.15. The minimum atomic E-state index is -0.0968. The Kier molecular flexibility index (Phi) is 5.16. The molecule has 122 valence electrons. The van der Waals surface area contributed by atoms with Crippen LogP contribution < -0.4 is 20.1 Å². The number of carbonyl (C=O) groups excluding carboxylic acids is 1. The lowest BCUT2D eigenvalue weighted by Gasteiger charge is -2.19. The molecule has 0 spiro atoms. The topological polar surface area (TPSA) is 59.6 Å². The Balaban J connectivity index is 1.98. The van der Waals surface area contributed by atoms with Crippen molar-refractivity contribution in [3.05, 3.63) is 23.8 Å². The summed E-state index contributed by atoms with van der Waals surface area (Å²) >= 11 is 0. The van der Waals surface area contributed by atoms with Crippen molar-refractivity contribution in [1.82, 2.24) is 10.6 Å². The molecule has 1 aromatic carbocycles. The van der Waals surface area contributed by atoms with Crippen LogP contribution in [-0.4, -0.2) is 33.3 Å². The van der Waals surface area contributed by atoms with Crippen molar-refractivity contribution in [2.45, 2.75) is 32.1 Å². The minimum Gasteiger partial charge on any atom is -0.493 e. The number of methoxy groups -OCH3 is 2. The molecule has 2 amide bonds. The van der Waals surface area contributed by atoms with Gasteiger partial charge in [-0.25, -0.2) is 4.79 Å². The van der Waals surface area contributed by atoms with Crippen LogP contribution >= 0.6 is 0 Å². The average Bonchev–Trinajstić information content (AvgIpc) is 3.31. The van der Waals surface area contributed by atoms with Gasteiger partial charge in [-0.2, -0.15) is 0 Å². The molecule has 5 nitrogen and oxygen atoms in total. The molecule has 2 rings (SSSR count). The molecule has 0 bridgehead atoms. The highest BCUT2D eigenvalue weighted by molar-refractivity contribution is 5.74. The Hall–Kier alpha value is -1.91. The van der Waals surface area contributed by atoms with E-state index in [1.807, 2.05) is 12.1 Å². The standard InChI is InChI=1S/C17H26N2O3/c1-12(2)10-18-16(20)19-11-17(7-8-17)13-5-6-14(21-3)15(9-13)22-4/h5-6,9,12H,7-8,10-11H2,1-4H3,(H2,18,19,20). The molecule has 22 heavy (non-hydrogen) atoms. The van der Waals surface area contributed by atoms with E-state index in [-0.39, 0.29) is 11.4 Å². The monoisotopic (exact) mass is 306 g/mol. The molecular formula is C17H26N2O3. The van der Waals surface area contributed by atoms with Gasteiger partial charge < -0.3 is 20.1 Å². The third-order valence-electron chi connectivity index (χ3n) is 4.11. The number of amides is 2. The third-order valence-corrected chi connectivity index (χ3v) is 4.11. The molecule has 0 aromatic heterocycles. The molecule has 0 heterocycles. The minimum absolute atomic E-state index is 0.0364. The van der Waals surface area contributed by atoms with E-state index < -0.39 is 0 Å². The summed E-state index contributed by atoms with van der Waals surface area (Å²) in [5.41, 5.74) is 1.23. The van der Waals surface area contributed by atoms with E-state index in [0.717, 1.165) is 24.3 Å². The summed E-state index contributed by atoms with van der Waals surface area (Å²) in [6, 6.07) is 5.90. The van der Waals surface area contributed by atoms with Crippen molar-refractivity contribution in [2.75, 3.05) is 27.3 Å². The molecule has 1 saturated carbocycles. The van der Waals surface area contributed by atoms with Crippen molar-refractivity contribution in [3.63, 3.8) is 0 Å². The van der Waals surface area contributed by atoms with Crippen molar-refractivity contribution in [2.24, 2.45) is 5.92 Å². The van der Waals surface area contributed by atoms with Gasteiger partial charge in [0, 0.05) is 18.5 Å². The largest absolute Gasteiger partial charge is 0.493 e. The molecular weight excluding hydrogens is 280 g/mol. The Bertz CT molecular complexity index is 525. The lowest BCUT2D eigenvalue weighted by atomic mass is 9.95. The fraction of sp³-hybridized carbons (Fsp3) is 0.588. The summed E-state index contributed by atoms with van der Waals surface area (Å²) in [6.45, 7) is 5.49. The number of carbonyl (C=O) groups is 1. The van der Waals surface area contributed by atoms with E-state index in [9.17, 15) is 4.79 Å². The SMILES string of the molecule is COc1ccc(C2(CNC(=O)NCC(C)C)CC2)cc1OC. The number of nitrogens with one attached hydrogen (secondary N) is 2. The molecule has 1 aliphatic rings. The van der Waals surface area contributed by atoms with Gasteiger partial charge in [0.1, 0.15) is 0 Å². The van der Waals surface area contributed by atoms with Crippen LogP contribution in [-0.2, 0) is 5.41 Å². The highest BCUT2D eigenvalue weighted by Gasteiger charge is 2.44. The summed E-state index contributed by atoms with van der Waals surface area (Å²) in [5, 5.41) is 5.86. The first kappa shape index (κ1) is 16.5. The molecule has 1 aromatic rings. The Morgan fingerprint density at radius 2 is 1.86 bits per heavy atom. The molecule has 2 N–H and O–H groups in total. The maximum Gasteiger partial charge on any atom is 0.314 e. The quantitative estimate of drug-likeness (QED) is 0.814. The van der Waals surface area contributed by atoms with Gasteiger partial charge in [0.05, 0.1) is 14.2 Å². The van der Waals surface area contributed by atoms with Crippen LogP contribution in [0.4, 0.5) is 4.79 Å². The third kappa shape index (κ3) is 3.84. The van der Waals surface area contributed by atoms with E-state index in [1.54, 1.807) is 14.2 Å².